The topological polar surface area (TPSA) is 13.0 Å². The van der Waals surface area contributed by atoms with Gasteiger partial charge in [-0.15, -0.1) is 11.3 Å². The van der Waals surface area contributed by atoms with Crippen LogP contribution in [0.2, 0.25) is 0 Å². The summed E-state index contributed by atoms with van der Waals surface area (Å²) in [5.41, 5.74) is 20.9. The van der Waals surface area contributed by atoms with Crippen molar-refractivity contribution < 1.29 is 0 Å². The first-order chi connectivity index (χ1) is 32.6. The molecule has 9 aromatic rings. The van der Waals surface area contributed by atoms with Crippen molar-refractivity contribution in [3.8, 4) is 0 Å². The minimum atomic E-state index is -0.0393. The van der Waals surface area contributed by atoms with Crippen molar-refractivity contribution in [2.24, 2.45) is 0 Å². The van der Waals surface area contributed by atoms with E-state index in [2.05, 4.69) is 264 Å². The number of thiophene rings is 1. The van der Waals surface area contributed by atoms with E-state index < -0.39 is 0 Å². The number of anilines is 12. The summed E-state index contributed by atoms with van der Waals surface area (Å²) < 4.78 is 2.63. The molecule has 6 heteroatoms. The Bertz CT molecular complexity index is 3410. The van der Waals surface area contributed by atoms with Crippen molar-refractivity contribution in [1.82, 2.24) is 0 Å². The maximum Gasteiger partial charge on any atom is 0.264 e. The van der Waals surface area contributed by atoms with E-state index in [4.69, 9.17) is 0 Å². The van der Waals surface area contributed by atoms with E-state index in [9.17, 15) is 0 Å². The van der Waals surface area contributed by atoms with Gasteiger partial charge in [0.1, 0.15) is 0 Å². The first-order valence-corrected chi connectivity index (χ1v) is 25.0. The molecule has 0 spiro atoms. The molecule has 4 nitrogen and oxygen atoms in total. The van der Waals surface area contributed by atoms with Crippen LogP contribution in [0.15, 0.2) is 182 Å². The van der Waals surface area contributed by atoms with Crippen LogP contribution in [0, 0.1) is 0 Å². The molecular weight excluding hydrogens is 844 g/mol. The molecule has 12 rings (SSSR count). The van der Waals surface area contributed by atoms with E-state index in [-0.39, 0.29) is 23.0 Å². The van der Waals surface area contributed by atoms with Crippen LogP contribution < -0.4 is 35.3 Å². The second-order valence-corrected chi connectivity index (χ2v) is 23.0. The van der Waals surface area contributed by atoms with Crippen molar-refractivity contribution in [1.29, 1.82) is 0 Å². The molecule has 0 fully saturated rings. The second-order valence-electron chi connectivity index (χ2n) is 21.9. The van der Waals surface area contributed by atoms with Gasteiger partial charge in [-0.2, -0.15) is 0 Å². The van der Waals surface area contributed by atoms with Crippen LogP contribution in [0.3, 0.4) is 0 Å². The molecule has 0 aliphatic carbocycles. The third-order valence-electron chi connectivity index (χ3n) is 14.4. The van der Waals surface area contributed by atoms with Gasteiger partial charge in [0.15, 0.2) is 0 Å². The Morgan fingerprint density at radius 2 is 0.779 bits per heavy atom. The molecule has 0 saturated heterocycles. The number of nitrogens with zero attached hydrogens (tertiary/aromatic N) is 4. The predicted octanol–water partition coefficient (Wildman–Crippen LogP) is 16.1. The van der Waals surface area contributed by atoms with Gasteiger partial charge in [0, 0.05) is 54.7 Å². The summed E-state index contributed by atoms with van der Waals surface area (Å²) in [6.07, 6.45) is 0. The van der Waals surface area contributed by atoms with Gasteiger partial charge in [0.25, 0.3) is 6.71 Å². The van der Waals surface area contributed by atoms with Crippen LogP contribution in [0.5, 0.6) is 0 Å². The number of fused-ring (bicyclic) bond motifs is 8. The molecule has 0 atom stereocenters. The fraction of sp³-hybridized carbons (Fsp3) is 0.194. The lowest BCUT2D eigenvalue weighted by atomic mass is 9.36. The lowest BCUT2D eigenvalue weighted by Crippen LogP contribution is -2.60. The maximum atomic E-state index is 2.60. The first kappa shape index (κ1) is 42.3. The summed E-state index contributed by atoms with van der Waals surface area (Å²) in [5.74, 6) is 0. The third kappa shape index (κ3) is 6.63. The lowest BCUT2D eigenvalue weighted by molar-refractivity contribution is 0.590. The molecule has 4 heterocycles. The molecule has 3 aliphatic rings. The van der Waals surface area contributed by atoms with Crippen molar-refractivity contribution in [3.05, 3.63) is 199 Å². The van der Waals surface area contributed by atoms with E-state index >= 15 is 0 Å². The Kier molecular flexibility index (Phi) is 9.50. The van der Waals surface area contributed by atoms with Crippen LogP contribution in [0.4, 0.5) is 68.2 Å². The molecule has 68 heavy (non-hydrogen) atoms. The zero-order valence-electron chi connectivity index (χ0n) is 40.6. The molecule has 0 amide bonds. The van der Waals surface area contributed by atoms with Crippen LogP contribution in [0.1, 0.15) is 79.0 Å². The predicted molar refractivity (Wildman–Crippen MR) is 295 cm³/mol. The fourth-order valence-corrected chi connectivity index (χ4v) is 12.2. The highest BCUT2D eigenvalue weighted by Crippen LogP contribution is 2.57. The van der Waals surface area contributed by atoms with E-state index in [0.29, 0.717) is 0 Å². The highest BCUT2D eigenvalue weighted by Gasteiger charge is 2.46. The van der Waals surface area contributed by atoms with Crippen molar-refractivity contribution in [2.45, 2.75) is 78.6 Å². The fourth-order valence-electron chi connectivity index (χ4n) is 10.9. The normalized spacial score (nSPS) is 14.1. The quantitative estimate of drug-likeness (QED) is 0.163. The van der Waals surface area contributed by atoms with Crippen LogP contribution >= 0.6 is 11.3 Å². The Morgan fingerprint density at radius 3 is 1.31 bits per heavy atom. The smallest absolute Gasteiger partial charge is 0.264 e. The zero-order valence-corrected chi connectivity index (χ0v) is 41.4. The lowest BCUT2D eigenvalue weighted by Gasteiger charge is -2.43. The van der Waals surface area contributed by atoms with Gasteiger partial charge >= 0.3 is 0 Å². The Hall–Kier alpha value is -7.02. The summed E-state index contributed by atoms with van der Waals surface area (Å²) in [6, 6.07) is 68.6. The minimum absolute atomic E-state index is 0.00535. The van der Waals surface area contributed by atoms with Crippen LogP contribution in [0.25, 0.3) is 10.1 Å². The van der Waals surface area contributed by atoms with Gasteiger partial charge in [-0.25, -0.2) is 0 Å². The second kappa shape index (κ2) is 15.2. The number of rotatable bonds is 4. The molecule has 1 aromatic heterocycles. The molecular formula is C62H57BN4S. The highest BCUT2D eigenvalue weighted by atomic mass is 32.1. The van der Waals surface area contributed by atoms with Gasteiger partial charge in [-0.05, 0) is 135 Å². The SMILES string of the molecule is CC(C)(C)c1ccc(N2c3ccc(C(C)(C)C)cc3B3c4sc5cc6c(cc5c4N(c4ccc(C(C)(C)C)cc4)c4cccc2c43)N(c2ccccc2)c2ccccc2N6c2ccccc2)cc1. The molecule has 8 aromatic carbocycles. The maximum absolute atomic E-state index is 2.60. The highest BCUT2D eigenvalue weighted by molar-refractivity contribution is 7.33. The van der Waals surface area contributed by atoms with Crippen LogP contribution in [-0.2, 0) is 16.2 Å². The molecule has 0 N–H and O–H groups in total. The average molecular weight is 901 g/mol. The summed E-state index contributed by atoms with van der Waals surface area (Å²) in [4.78, 5) is 10.1. The Morgan fingerprint density at radius 1 is 0.353 bits per heavy atom. The number of hydrogen-bond donors (Lipinski definition) is 0. The van der Waals surface area contributed by atoms with Crippen molar-refractivity contribution in [3.63, 3.8) is 0 Å². The molecule has 0 saturated carbocycles. The third-order valence-corrected chi connectivity index (χ3v) is 15.6. The summed E-state index contributed by atoms with van der Waals surface area (Å²) in [5, 5.41) is 1.25. The summed E-state index contributed by atoms with van der Waals surface area (Å²) in [7, 11) is 0. The van der Waals surface area contributed by atoms with Crippen molar-refractivity contribution in [2.75, 3.05) is 19.6 Å². The molecule has 334 valence electrons. The van der Waals surface area contributed by atoms with E-state index in [0.717, 1.165) is 39.8 Å². The van der Waals surface area contributed by atoms with Gasteiger partial charge in [0.05, 0.1) is 28.4 Å². The Balaban J connectivity index is 1.17. The number of para-hydroxylation sites is 4. The molecule has 0 radical (unpaired) electrons. The molecule has 0 unspecified atom stereocenters. The van der Waals surface area contributed by atoms with E-state index in [1.807, 2.05) is 11.3 Å². The van der Waals surface area contributed by atoms with Gasteiger partial charge < -0.3 is 19.6 Å². The standard InChI is InChI=1S/C62H57BN4S/c1-60(2,3)40-27-32-45(33-28-40)64-49-36-31-42(62(7,8)9)37-48(49)63-57-52(64)25-18-26-53(57)67(46-34-29-41(30-35-46)61(4,5)6)58-47-38-54-55(39-56(47)68-59(58)63)66(44-21-14-11-15-22-44)51-24-17-16-23-50(51)65(54)43-19-12-10-13-20-43/h10-39H,1-9H3. The monoisotopic (exact) mass is 900 g/mol. The first-order valence-electron chi connectivity index (χ1n) is 24.1. The Labute approximate surface area is 406 Å². The summed E-state index contributed by atoms with van der Waals surface area (Å²) in [6.45, 7) is 20.8. The minimum Gasteiger partial charge on any atom is -0.311 e. The van der Waals surface area contributed by atoms with Gasteiger partial charge in [-0.1, -0.05) is 153 Å². The average Bonchev–Trinajstić information content (AvgIpc) is 3.70. The largest absolute Gasteiger partial charge is 0.311 e. The molecule has 3 aliphatic heterocycles. The van der Waals surface area contributed by atoms with Crippen LogP contribution in [-0.4, -0.2) is 6.71 Å². The molecule has 0 bridgehead atoms. The van der Waals surface area contributed by atoms with Crippen molar-refractivity contribution >= 4 is 112 Å². The number of hydrogen-bond acceptors (Lipinski definition) is 5. The summed E-state index contributed by atoms with van der Waals surface area (Å²) >= 11 is 1.97. The van der Waals surface area contributed by atoms with Gasteiger partial charge in [0.2, 0.25) is 0 Å². The van der Waals surface area contributed by atoms with E-state index in [1.54, 1.807) is 0 Å². The van der Waals surface area contributed by atoms with E-state index in [1.165, 1.54) is 70.9 Å². The number of benzene rings is 8. The zero-order chi connectivity index (χ0) is 46.9. The van der Waals surface area contributed by atoms with Gasteiger partial charge in [-0.3, -0.25) is 0 Å².